The summed E-state index contributed by atoms with van der Waals surface area (Å²) in [7, 11) is 0. The third-order valence-corrected chi connectivity index (χ3v) is 4.44. The zero-order chi connectivity index (χ0) is 19.1. The normalized spacial score (nSPS) is 11.5. The molecular weight excluding hydrogens is 328 g/mol. The number of fused-ring (bicyclic) bond motifs is 1. The number of para-hydroxylation sites is 1. The zero-order valence-corrected chi connectivity index (χ0v) is 15.3. The maximum Gasteiger partial charge on any atom is 0.296 e. The molecule has 0 aliphatic heterocycles. The number of rotatable bonds is 3. The van der Waals surface area contributed by atoms with Crippen LogP contribution < -0.4 is 5.32 Å². The summed E-state index contributed by atoms with van der Waals surface area (Å²) in [4.78, 5) is 28.4. The number of anilines is 1. The van der Waals surface area contributed by atoms with E-state index in [-0.39, 0.29) is 16.9 Å². The zero-order valence-electron chi connectivity index (χ0n) is 15.3. The third-order valence-electron chi connectivity index (χ3n) is 4.44. The molecule has 5 heteroatoms. The first-order valence-electron chi connectivity index (χ1n) is 8.45. The molecule has 134 valence electrons. The predicted octanol–water partition coefficient (Wildman–Crippen LogP) is 4.30. The van der Waals surface area contributed by atoms with Crippen LogP contribution in [0.4, 0.5) is 5.69 Å². The van der Waals surface area contributed by atoms with E-state index in [4.69, 9.17) is 0 Å². The van der Waals surface area contributed by atoms with Gasteiger partial charge in [-0.05, 0) is 36.1 Å². The third kappa shape index (κ3) is 3.20. The number of aromatic hydroxyl groups is 1. The largest absolute Gasteiger partial charge is 0.506 e. The second kappa shape index (κ2) is 6.33. The number of nitrogens with one attached hydrogen (secondary N) is 2. The van der Waals surface area contributed by atoms with Crippen molar-refractivity contribution in [1.29, 1.82) is 0 Å². The lowest BCUT2D eigenvalue weighted by atomic mass is 9.87. The van der Waals surface area contributed by atoms with E-state index in [1.807, 2.05) is 39.0 Å². The van der Waals surface area contributed by atoms with E-state index in [1.165, 1.54) is 6.07 Å². The van der Waals surface area contributed by atoms with Gasteiger partial charge in [0.05, 0.1) is 11.3 Å². The molecule has 1 heterocycles. The van der Waals surface area contributed by atoms with Crippen LogP contribution in [-0.4, -0.2) is 21.8 Å². The van der Waals surface area contributed by atoms with Crippen molar-refractivity contribution in [2.24, 2.45) is 0 Å². The summed E-state index contributed by atoms with van der Waals surface area (Å²) in [6, 6.07) is 12.4. The summed E-state index contributed by atoms with van der Waals surface area (Å²) in [6.07, 6.45) is 0. The highest BCUT2D eigenvalue weighted by Crippen LogP contribution is 2.31. The number of ketones is 1. The minimum atomic E-state index is -0.779. The molecular formula is C21H22N2O3. The molecule has 0 saturated carbocycles. The molecule has 3 aromatic rings. The van der Waals surface area contributed by atoms with Crippen LogP contribution in [0.1, 0.15) is 42.4 Å². The van der Waals surface area contributed by atoms with E-state index < -0.39 is 11.7 Å². The molecule has 1 amide bonds. The molecule has 1 aromatic heterocycles. The average Bonchev–Trinajstić information content (AvgIpc) is 2.90. The Morgan fingerprint density at radius 1 is 1.08 bits per heavy atom. The molecule has 0 fully saturated rings. The Morgan fingerprint density at radius 2 is 1.77 bits per heavy atom. The summed E-state index contributed by atoms with van der Waals surface area (Å²) in [5.74, 6) is -1.49. The molecule has 0 radical (unpaired) electrons. The van der Waals surface area contributed by atoms with E-state index in [9.17, 15) is 14.7 Å². The number of phenolic OH excluding ortho intramolecular Hbond substituents is 1. The Bertz CT molecular complexity index is 1010. The lowest BCUT2D eigenvalue weighted by Crippen LogP contribution is -2.23. The molecule has 26 heavy (non-hydrogen) atoms. The quantitative estimate of drug-likeness (QED) is 0.374. The second-order valence-corrected chi connectivity index (χ2v) is 7.44. The molecule has 0 aliphatic carbocycles. The van der Waals surface area contributed by atoms with Crippen molar-refractivity contribution in [2.75, 3.05) is 5.32 Å². The number of aryl methyl sites for hydroxylation is 1. The first-order valence-corrected chi connectivity index (χ1v) is 8.45. The second-order valence-electron chi connectivity index (χ2n) is 7.44. The van der Waals surface area contributed by atoms with Crippen LogP contribution in [0.15, 0.2) is 42.5 Å². The number of phenols is 1. The highest BCUT2D eigenvalue weighted by atomic mass is 16.3. The van der Waals surface area contributed by atoms with Crippen LogP contribution in [0.5, 0.6) is 5.75 Å². The highest BCUT2D eigenvalue weighted by molar-refractivity contribution is 6.48. The van der Waals surface area contributed by atoms with Gasteiger partial charge >= 0.3 is 0 Å². The highest BCUT2D eigenvalue weighted by Gasteiger charge is 2.24. The number of carbonyl (C=O) groups is 2. The van der Waals surface area contributed by atoms with Crippen molar-refractivity contribution >= 4 is 28.3 Å². The van der Waals surface area contributed by atoms with Crippen LogP contribution >= 0.6 is 0 Å². The Labute approximate surface area is 152 Å². The first kappa shape index (κ1) is 17.7. The van der Waals surface area contributed by atoms with Crippen LogP contribution in [0, 0.1) is 6.92 Å². The van der Waals surface area contributed by atoms with Gasteiger partial charge in [-0.25, -0.2) is 0 Å². The fourth-order valence-corrected chi connectivity index (χ4v) is 2.96. The molecule has 3 N–H and O–H groups in total. The summed E-state index contributed by atoms with van der Waals surface area (Å²) < 4.78 is 0. The van der Waals surface area contributed by atoms with Gasteiger partial charge < -0.3 is 15.4 Å². The summed E-state index contributed by atoms with van der Waals surface area (Å²) in [6.45, 7) is 7.86. The van der Waals surface area contributed by atoms with E-state index in [1.54, 1.807) is 25.1 Å². The number of carbonyl (C=O) groups excluding carboxylic acids is 2. The van der Waals surface area contributed by atoms with Crippen LogP contribution in [-0.2, 0) is 10.2 Å². The lowest BCUT2D eigenvalue weighted by Gasteiger charge is -2.20. The molecule has 5 nitrogen and oxygen atoms in total. The van der Waals surface area contributed by atoms with Crippen LogP contribution in [0.25, 0.3) is 10.9 Å². The maximum atomic E-state index is 12.7. The van der Waals surface area contributed by atoms with Gasteiger partial charge in [0, 0.05) is 16.6 Å². The van der Waals surface area contributed by atoms with Crippen LogP contribution in [0.2, 0.25) is 0 Å². The molecule has 0 unspecified atom stereocenters. The minimum Gasteiger partial charge on any atom is -0.506 e. The van der Waals surface area contributed by atoms with Gasteiger partial charge in [0.2, 0.25) is 0 Å². The van der Waals surface area contributed by atoms with Crippen molar-refractivity contribution in [3.05, 3.63) is 59.3 Å². The van der Waals surface area contributed by atoms with Crippen LogP contribution in [0.3, 0.4) is 0 Å². The van der Waals surface area contributed by atoms with Gasteiger partial charge in [0.15, 0.2) is 0 Å². The van der Waals surface area contributed by atoms with Crippen molar-refractivity contribution in [3.63, 3.8) is 0 Å². The maximum absolute atomic E-state index is 12.7. The fraction of sp³-hybridized carbons (Fsp3) is 0.238. The fourth-order valence-electron chi connectivity index (χ4n) is 2.96. The summed E-state index contributed by atoms with van der Waals surface area (Å²) in [5, 5.41) is 13.3. The topological polar surface area (TPSA) is 82.2 Å². The molecule has 3 rings (SSSR count). The number of aromatic amines is 1. The summed E-state index contributed by atoms with van der Waals surface area (Å²) >= 11 is 0. The molecule has 0 saturated heterocycles. The number of aromatic nitrogens is 1. The van der Waals surface area contributed by atoms with Crippen molar-refractivity contribution < 1.29 is 14.7 Å². The SMILES string of the molecule is Cc1[nH]c2ccccc2c1C(=O)C(=O)Nc1cc(C(C)(C)C)ccc1O. The van der Waals surface area contributed by atoms with Gasteiger partial charge in [-0.15, -0.1) is 0 Å². The van der Waals surface area contributed by atoms with E-state index in [0.29, 0.717) is 16.6 Å². The number of benzene rings is 2. The van der Waals surface area contributed by atoms with Gasteiger partial charge in [-0.2, -0.15) is 0 Å². The van der Waals surface area contributed by atoms with E-state index in [2.05, 4.69) is 10.3 Å². The summed E-state index contributed by atoms with van der Waals surface area (Å²) in [5.41, 5.74) is 2.82. The molecule has 0 bridgehead atoms. The number of amides is 1. The van der Waals surface area contributed by atoms with Crippen molar-refractivity contribution in [2.45, 2.75) is 33.1 Å². The standard InChI is InChI=1S/C21H22N2O3/c1-12-18(14-7-5-6-8-15(14)22-12)19(25)20(26)23-16-11-13(21(2,3)4)9-10-17(16)24/h5-11,22,24H,1-4H3,(H,23,26). The average molecular weight is 350 g/mol. The number of hydrogen-bond acceptors (Lipinski definition) is 3. The number of Topliss-reactive ketones (excluding diaryl/α,β-unsaturated/α-hetero) is 1. The molecule has 0 spiro atoms. The molecule has 0 aliphatic rings. The lowest BCUT2D eigenvalue weighted by molar-refractivity contribution is -0.112. The monoisotopic (exact) mass is 350 g/mol. The van der Waals surface area contributed by atoms with Gasteiger partial charge in [-0.1, -0.05) is 45.0 Å². The Hall–Kier alpha value is -3.08. The molecule has 0 atom stereocenters. The Morgan fingerprint density at radius 3 is 2.46 bits per heavy atom. The van der Waals surface area contributed by atoms with Gasteiger partial charge in [0.25, 0.3) is 11.7 Å². The smallest absolute Gasteiger partial charge is 0.296 e. The van der Waals surface area contributed by atoms with Crippen molar-refractivity contribution in [3.8, 4) is 5.75 Å². The number of hydrogen-bond donors (Lipinski definition) is 3. The molecule has 2 aromatic carbocycles. The Kier molecular flexibility index (Phi) is 4.32. The Balaban J connectivity index is 1.93. The van der Waals surface area contributed by atoms with Crippen molar-refractivity contribution in [1.82, 2.24) is 4.98 Å². The minimum absolute atomic E-state index is 0.0743. The van der Waals surface area contributed by atoms with Gasteiger partial charge in [-0.3, -0.25) is 9.59 Å². The van der Waals surface area contributed by atoms with Gasteiger partial charge in [0.1, 0.15) is 5.75 Å². The van der Waals surface area contributed by atoms with E-state index >= 15 is 0 Å². The number of H-pyrrole nitrogens is 1. The first-order chi connectivity index (χ1) is 12.2. The van der Waals surface area contributed by atoms with E-state index in [0.717, 1.165) is 11.1 Å². The predicted molar refractivity (Wildman–Crippen MR) is 103 cm³/mol.